The predicted octanol–water partition coefficient (Wildman–Crippen LogP) is 5.10. The lowest BCUT2D eigenvalue weighted by molar-refractivity contribution is 0.0952. The number of phenolic OH excluding ortho intramolecular Hbond substituents is 1. The molecule has 2 aromatic carbocycles. The molecule has 0 aliphatic carbocycles. The fraction of sp³-hybridized carbons (Fsp3) is 0.200. The van der Waals surface area contributed by atoms with Crippen LogP contribution >= 0.6 is 15.9 Å². The van der Waals surface area contributed by atoms with Gasteiger partial charge in [-0.3, -0.25) is 4.79 Å². The van der Waals surface area contributed by atoms with Gasteiger partial charge < -0.3 is 5.11 Å². The maximum Gasteiger partial charge on any atom is 0.275 e. The first-order valence-corrected chi connectivity index (χ1v) is 8.76. The summed E-state index contributed by atoms with van der Waals surface area (Å²) < 4.78 is 0.709. The third-order valence-electron chi connectivity index (χ3n) is 3.63. The van der Waals surface area contributed by atoms with Gasteiger partial charge in [0.05, 0.1) is 11.8 Å². The Morgan fingerprint density at radius 3 is 2.52 bits per heavy atom. The SMILES string of the molecule is CC(C=NNC(=O)c1cc(Br)ccc1O)=Cc1ccc(C(C)C)cc1. The molecule has 25 heavy (non-hydrogen) atoms. The largest absolute Gasteiger partial charge is 0.507 e. The molecule has 2 N–H and O–H groups in total. The molecule has 0 aliphatic heterocycles. The second kappa shape index (κ2) is 8.62. The van der Waals surface area contributed by atoms with E-state index in [-0.39, 0.29) is 11.3 Å². The van der Waals surface area contributed by atoms with E-state index in [2.05, 4.69) is 64.6 Å². The molecule has 4 nitrogen and oxygen atoms in total. The molecule has 130 valence electrons. The van der Waals surface area contributed by atoms with E-state index in [4.69, 9.17) is 0 Å². The van der Waals surface area contributed by atoms with E-state index in [1.54, 1.807) is 18.3 Å². The van der Waals surface area contributed by atoms with Crippen molar-refractivity contribution in [2.24, 2.45) is 5.10 Å². The number of amides is 1. The summed E-state index contributed by atoms with van der Waals surface area (Å²) in [4.78, 5) is 12.0. The Bertz CT molecular complexity index is 809. The lowest BCUT2D eigenvalue weighted by Gasteiger charge is -2.05. The Hall–Kier alpha value is -2.40. The number of nitrogens with zero attached hydrogens (tertiary/aromatic N) is 1. The zero-order valence-electron chi connectivity index (χ0n) is 14.5. The topological polar surface area (TPSA) is 61.7 Å². The summed E-state index contributed by atoms with van der Waals surface area (Å²) in [7, 11) is 0. The zero-order valence-corrected chi connectivity index (χ0v) is 16.0. The minimum absolute atomic E-state index is 0.0894. The molecular weight excluding hydrogens is 380 g/mol. The second-order valence-electron chi connectivity index (χ2n) is 6.07. The fourth-order valence-electron chi connectivity index (χ4n) is 2.22. The quantitative estimate of drug-likeness (QED) is 0.541. The molecule has 0 bridgehead atoms. The highest BCUT2D eigenvalue weighted by Crippen LogP contribution is 2.21. The van der Waals surface area contributed by atoms with Crippen molar-refractivity contribution in [3.63, 3.8) is 0 Å². The lowest BCUT2D eigenvalue weighted by Crippen LogP contribution is -2.17. The summed E-state index contributed by atoms with van der Waals surface area (Å²) in [5.41, 5.74) is 5.85. The maximum atomic E-state index is 12.0. The molecule has 0 radical (unpaired) electrons. The van der Waals surface area contributed by atoms with Gasteiger partial charge in [0, 0.05) is 4.47 Å². The van der Waals surface area contributed by atoms with Crippen LogP contribution in [0.4, 0.5) is 0 Å². The van der Waals surface area contributed by atoms with Gasteiger partial charge in [-0.1, -0.05) is 60.1 Å². The number of rotatable bonds is 5. The van der Waals surface area contributed by atoms with Gasteiger partial charge in [0.2, 0.25) is 0 Å². The number of allylic oxidation sites excluding steroid dienone is 1. The highest BCUT2D eigenvalue weighted by Gasteiger charge is 2.10. The monoisotopic (exact) mass is 400 g/mol. The Morgan fingerprint density at radius 1 is 1.20 bits per heavy atom. The van der Waals surface area contributed by atoms with Crippen LogP contribution in [-0.4, -0.2) is 17.2 Å². The molecule has 0 unspecified atom stereocenters. The van der Waals surface area contributed by atoms with Gasteiger partial charge in [0.15, 0.2) is 0 Å². The molecule has 0 atom stereocenters. The van der Waals surface area contributed by atoms with Gasteiger partial charge in [0.1, 0.15) is 5.75 Å². The van der Waals surface area contributed by atoms with Crippen molar-refractivity contribution >= 4 is 34.1 Å². The van der Waals surface area contributed by atoms with E-state index < -0.39 is 5.91 Å². The van der Waals surface area contributed by atoms with Crippen LogP contribution in [0.5, 0.6) is 5.75 Å². The van der Waals surface area contributed by atoms with E-state index in [1.165, 1.54) is 11.6 Å². The van der Waals surface area contributed by atoms with Crippen LogP contribution in [0.2, 0.25) is 0 Å². The first-order valence-electron chi connectivity index (χ1n) is 7.97. The average molecular weight is 401 g/mol. The molecule has 5 heteroatoms. The van der Waals surface area contributed by atoms with Crippen molar-refractivity contribution in [1.29, 1.82) is 0 Å². The summed E-state index contributed by atoms with van der Waals surface area (Å²) in [5, 5.41) is 13.7. The van der Waals surface area contributed by atoms with Crippen LogP contribution < -0.4 is 5.43 Å². The summed E-state index contributed by atoms with van der Waals surface area (Å²) >= 11 is 3.27. The Kier molecular flexibility index (Phi) is 6.53. The number of halogens is 1. The van der Waals surface area contributed by atoms with E-state index >= 15 is 0 Å². The number of hydrogen-bond acceptors (Lipinski definition) is 3. The first-order chi connectivity index (χ1) is 11.9. The minimum Gasteiger partial charge on any atom is -0.507 e. The molecule has 2 aromatic rings. The first kappa shape index (κ1) is 18.9. The number of phenols is 1. The molecule has 0 saturated carbocycles. The van der Waals surface area contributed by atoms with Crippen LogP contribution in [-0.2, 0) is 0 Å². The molecule has 0 aliphatic rings. The number of benzene rings is 2. The summed E-state index contributed by atoms with van der Waals surface area (Å²) in [5.74, 6) is -0.0529. The van der Waals surface area contributed by atoms with Crippen molar-refractivity contribution in [2.45, 2.75) is 26.7 Å². The number of carbonyl (C=O) groups excluding carboxylic acids is 1. The van der Waals surface area contributed by atoms with E-state index in [9.17, 15) is 9.90 Å². The average Bonchev–Trinajstić information content (AvgIpc) is 2.57. The van der Waals surface area contributed by atoms with Crippen LogP contribution in [0.15, 0.2) is 57.6 Å². The van der Waals surface area contributed by atoms with Gasteiger partial charge >= 0.3 is 0 Å². The number of hydrazone groups is 1. The van der Waals surface area contributed by atoms with Gasteiger partial charge in [0.25, 0.3) is 5.91 Å². The molecule has 0 saturated heterocycles. The summed E-state index contributed by atoms with van der Waals surface area (Å²) in [6.07, 6.45) is 3.56. The van der Waals surface area contributed by atoms with Crippen molar-refractivity contribution < 1.29 is 9.90 Å². The van der Waals surface area contributed by atoms with E-state index in [1.807, 2.05) is 13.0 Å². The fourth-order valence-corrected chi connectivity index (χ4v) is 2.58. The number of hydrogen-bond donors (Lipinski definition) is 2. The predicted molar refractivity (Wildman–Crippen MR) is 106 cm³/mol. The van der Waals surface area contributed by atoms with Crippen LogP contribution in [0, 0.1) is 0 Å². The van der Waals surface area contributed by atoms with E-state index in [0.29, 0.717) is 10.4 Å². The lowest BCUT2D eigenvalue weighted by atomic mass is 10.0. The number of nitrogens with one attached hydrogen (secondary N) is 1. The van der Waals surface area contributed by atoms with Gasteiger partial charge in [-0.05, 0) is 47.7 Å². The van der Waals surface area contributed by atoms with Crippen molar-refractivity contribution in [1.82, 2.24) is 5.43 Å². The number of carbonyl (C=O) groups is 1. The molecule has 1 amide bonds. The van der Waals surface area contributed by atoms with Gasteiger partial charge in [-0.2, -0.15) is 5.10 Å². The van der Waals surface area contributed by atoms with E-state index in [0.717, 1.165) is 11.1 Å². The summed E-state index contributed by atoms with van der Waals surface area (Å²) in [6.45, 7) is 6.23. The Labute approximate surface area is 156 Å². The second-order valence-corrected chi connectivity index (χ2v) is 6.99. The van der Waals surface area contributed by atoms with Crippen molar-refractivity contribution in [3.8, 4) is 5.75 Å². The molecular formula is C20H21BrN2O2. The molecule has 0 aromatic heterocycles. The standard InChI is InChI=1S/C20H21BrN2O2/c1-13(2)16-6-4-15(5-7-16)10-14(3)12-22-23-20(25)18-11-17(21)8-9-19(18)24/h4-13,24H,1-3H3,(H,23,25). The Balaban J connectivity index is 2.00. The highest BCUT2D eigenvalue weighted by atomic mass is 79.9. The molecule has 0 heterocycles. The van der Waals surface area contributed by atoms with Gasteiger partial charge in [-0.15, -0.1) is 0 Å². The minimum atomic E-state index is -0.468. The molecule has 2 rings (SSSR count). The Morgan fingerprint density at radius 2 is 1.88 bits per heavy atom. The van der Waals surface area contributed by atoms with Crippen LogP contribution in [0.25, 0.3) is 6.08 Å². The van der Waals surface area contributed by atoms with Crippen LogP contribution in [0.3, 0.4) is 0 Å². The van der Waals surface area contributed by atoms with Crippen molar-refractivity contribution in [2.75, 3.05) is 0 Å². The molecule has 0 spiro atoms. The summed E-state index contributed by atoms with van der Waals surface area (Å²) in [6, 6.07) is 13.0. The third kappa shape index (κ3) is 5.57. The normalized spacial score (nSPS) is 12.0. The van der Waals surface area contributed by atoms with Crippen molar-refractivity contribution in [3.05, 3.63) is 69.2 Å². The highest BCUT2D eigenvalue weighted by molar-refractivity contribution is 9.10. The zero-order chi connectivity index (χ0) is 18.4. The van der Waals surface area contributed by atoms with Crippen LogP contribution in [0.1, 0.15) is 48.2 Å². The smallest absolute Gasteiger partial charge is 0.275 e. The number of aromatic hydroxyl groups is 1. The van der Waals surface area contributed by atoms with Gasteiger partial charge in [-0.25, -0.2) is 5.43 Å². The maximum absolute atomic E-state index is 12.0. The molecule has 0 fully saturated rings. The third-order valence-corrected chi connectivity index (χ3v) is 4.13.